The van der Waals surface area contributed by atoms with Gasteiger partial charge in [0, 0.05) is 19.8 Å². The topological polar surface area (TPSA) is 56.2 Å². The number of ether oxygens (including phenoxy) is 1. The van der Waals surface area contributed by atoms with Crippen molar-refractivity contribution in [2.24, 2.45) is 7.05 Å². The highest BCUT2D eigenvalue weighted by Gasteiger charge is 2.12. The van der Waals surface area contributed by atoms with Gasteiger partial charge in [-0.25, -0.2) is 0 Å². The summed E-state index contributed by atoms with van der Waals surface area (Å²) in [4.78, 5) is 11.4. The molecular weight excluding hydrogens is 218 g/mol. The first kappa shape index (κ1) is 13.7. The minimum atomic E-state index is -0.277. The minimum Gasteiger partial charge on any atom is -0.366 e. The van der Waals surface area contributed by atoms with Crippen molar-refractivity contribution in [3.63, 3.8) is 0 Å². The number of carbonyl (C=O) groups excluding carboxylic acids is 1. The highest BCUT2D eigenvalue weighted by molar-refractivity contribution is 5.77. The summed E-state index contributed by atoms with van der Waals surface area (Å²) in [5.74, 6) is -0.0798. The van der Waals surface area contributed by atoms with E-state index in [-0.39, 0.29) is 18.1 Å². The largest absolute Gasteiger partial charge is 0.366 e. The number of nitrogens with one attached hydrogen (secondary N) is 1. The van der Waals surface area contributed by atoms with Gasteiger partial charge in [-0.15, -0.1) is 0 Å². The fourth-order valence-electron chi connectivity index (χ4n) is 1.28. The average molecular weight is 239 g/mol. The molecule has 1 aromatic rings. The maximum absolute atomic E-state index is 11.4. The molecule has 5 heteroatoms. The third-order valence-electron chi connectivity index (χ3n) is 2.13. The molecule has 0 spiro atoms. The SMILES string of the molecule is Cn1cc(CCNC(=O)COC(C)(C)C)cn1. The molecule has 0 aliphatic carbocycles. The molecule has 0 atom stereocenters. The fraction of sp³-hybridized carbons (Fsp3) is 0.667. The van der Waals surface area contributed by atoms with E-state index in [4.69, 9.17) is 4.74 Å². The zero-order valence-electron chi connectivity index (χ0n) is 11.0. The summed E-state index contributed by atoms with van der Waals surface area (Å²) in [6.07, 6.45) is 4.53. The second-order valence-corrected chi connectivity index (χ2v) is 5.02. The Bertz CT molecular complexity index is 366. The molecule has 0 aromatic carbocycles. The van der Waals surface area contributed by atoms with Crippen molar-refractivity contribution >= 4 is 5.91 Å². The van der Waals surface area contributed by atoms with Crippen LogP contribution in [0.15, 0.2) is 12.4 Å². The molecule has 1 rings (SSSR count). The molecule has 0 saturated carbocycles. The van der Waals surface area contributed by atoms with Gasteiger partial charge in [0.05, 0.1) is 11.8 Å². The predicted molar refractivity (Wildman–Crippen MR) is 65.6 cm³/mol. The van der Waals surface area contributed by atoms with Crippen molar-refractivity contribution in [1.29, 1.82) is 0 Å². The highest BCUT2D eigenvalue weighted by atomic mass is 16.5. The number of aromatic nitrogens is 2. The van der Waals surface area contributed by atoms with Crippen LogP contribution in [0.5, 0.6) is 0 Å². The number of nitrogens with zero attached hydrogens (tertiary/aromatic N) is 2. The zero-order valence-corrected chi connectivity index (χ0v) is 11.0. The number of aryl methyl sites for hydroxylation is 1. The molecule has 0 unspecified atom stereocenters. The Hall–Kier alpha value is -1.36. The van der Waals surface area contributed by atoms with E-state index in [9.17, 15) is 4.79 Å². The van der Waals surface area contributed by atoms with Gasteiger partial charge in [-0.2, -0.15) is 5.10 Å². The maximum Gasteiger partial charge on any atom is 0.246 e. The Morgan fingerprint density at radius 3 is 2.76 bits per heavy atom. The van der Waals surface area contributed by atoms with Crippen molar-refractivity contribution in [3.05, 3.63) is 18.0 Å². The van der Waals surface area contributed by atoms with Crippen molar-refractivity contribution in [2.75, 3.05) is 13.2 Å². The van der Waals surface area contributed by atoms with Gasteiger partial charge in [0.25, 0.3) is 0 Å². The van der Waals surface area contributed by atoms with E-state index in [0.717, 1.165) is 12.0 Å². The van der Waals surface area contributed by atoms with E-state index in [0.29, 0.717) is 6.54 Å². The molecule has 0 aliphatic heterocycles. The first-order chi connectivity index (χ1) is 7.87. The first-order valence-corrected chi connectivity index (χ1v) is 5.75. The predicted octanol–water partition coefficient (Wildman–Crippen LogP) is 0.894. The van der Waals surface area contributed by atoms with Gasteiger partial charge >= 0.3 is 0 Å². The van der Waals surface area contributed by atoms with E-state index in [1.807, 2.05) is 34.0 Å². The Kier molecular flexibility index (Phi) is 4.69. The van der Waals surface area contributed by atoms with Crippen LogP contribution in [-0.4, -0.2) is 34.4 Å². The molecule has 0 saturated heterocycles. The van der Waals surface area contributed by atoms with Crippen LogP contribution in [-0.2, 0) is 23.0 Å². The summed E-state index contributed by atoms with van der Waals surface area (Å²) in [6, 6.07) is 0. The van der Waals surface area contributed by atoms with Gasteiger partial charge in [0.15, 0.2) is 0 Å². The Morgan fingerprint density at radius 2 is 2.24 bits per heavy atom. The number of hydrogen-bond acceptors (Lipinski definition) is 3. The van der Waals surface area contributed by atoms with Crippen molar-refractivity contribution in [3.8, 4) is 0 Å². The number of carbonyl (C=O) groups is 1. The standard InChI is InChI=1S/C12H21N3O2/c1-12(2,3)17-9-11(16)13-6-5-10-7-14-15(4)8-10/h7-8H,5-6,9H2,1-4H3,(H,13,16). The molecule has 0 fully saturated rings. The summed E-state index contributed by atoms with van der Waals surface area (Å²) in [5, 5.41) is 6.87. The van der Waals surface area contributed by atoms with Crippen LogP contribution in [0, 0.1) is 0 Å². The van der Waals surface area contributed by atoms with E-state index in [1.54, 1.807) is 10.9 Å². The second-order valence-electron chi connectivity index (χ2n) is 5.02. The van der Waals surface area contributed by atoms with Crippen LogP contribution in [0.25, 0.3) is 0 Å². The normalized spacial score (nSPS) is 11.5. The lowest BCUT2D eigenvalue weighted by Crippen LogP contribution is -2.33. The van der Waals surface area contributed by atoms with Crippen LogP contribution in [0.3, 0.4) is 0 Å². The quantitative estimate of drug-likeness (QED) is 0.830. The molecule has 0 aliphatic rings. The Morgan fingerprint density at radius 1 is 1.53 bits per heavy atom. The molecule has 0 bridgehead atoms. The van der Waals surface area contributed by atoms with Gasteiger partial charge in [-0.1, -0.05) is 0 Å². The lowest BCUT2D eigenvalue weighted by molar-refractivity contribution is -0.130. The van der Waals surface area contributed by atoms with Gasteiger partial charge in [0.2, 0.25) is 5.91 Å². The smallest absolute Gasteiger partial charge is 0.246 e. The van der Waals surface area contributed by atoms with Gasteiger partial charge in [-0.05, 0) is 32.8 Å². The third kappa shape index (κ3) is 6.06. The molecule has 1 aromatic heterocycles. The zero-order chi connectivity index (χ0) is 12.9. The summed E-state index contributed by atoms with van der Waals surface area (Å²) in [5.41, 5.74) is 0.838. The molecule has 1 amide bonds. The lowest BCUT2D eigenvalue weighted by Gasteiger charge is -2.18. The third-order valence-corrected chi connectivity index (χ3v) is 2.13. The van der Waals surface area contributed by atoms with E-state index < -0.39 is 0 Å². The maximum atomic E-state index is 11.4. The molecule has 96 valence electrons. The molecule has 5 nitrogen and oxygen atoms in total. The van der Waals surface area contributed by atoms with Crippen LogP contribution in [0.2, 0.25) is 0 Å². The van der Waals surface area contributed by atoms with Crippen LogP contribution in [0.4, 0.5) is 0 Å². The number of rotatable bonds is 5. The van der Waals surface area contributed by atoms with Crippen LogP contribution in [0.1, 0.15) is 26.3 Å². The van der Waals surface area contributed by atoms with Crippen molar-refractivity contribution < 1.29 is 9.53 Å². The van der Waals surface area contributed by atoms with Crippen LogP contribution < -0.4 is 5.32 Å². The summed E-state index contributed by atoms with van der Waals surface area (Å²) < 4.78 is 7.12. The van der Waals surface area contributed by atoms with Gasteiger partial charge < -0.3 is 10.1 Å². The van der Waals surface area contributed by atoms with Gasteiger partial charge in [-0.3, -0.25) is 9.48 Å². The van der Waals surface area contributed by atoms with E-state index in [2.05, 4.69) is 10.4 Å². The second kappa shape index (κ2) is 5.82. The Balaban J connectivity index is 2.16. The lowest BCUT2D eigenvalue weighted by atomic mass is 10.2. The average Bonchev–Trinajstić information content (AvgIpc) is 2.60. The summed E-state index contributed by atoms with van der Waals surface area (Å²) in [7, 11) is 1.87. The monoisotopic (exact) mass is 239 g/mol. The number of amides is 1. The molecule has 1 N–H and O–H groups in total. The first-order valence-electron chi connectivity index (χ1n) is 5.75. The Labute approximate surface area is 102 Å². The van der Waals surface area contributed by atoms with E-state index in [1.165, 1.54) is 0 Å². The fourth-order valence-corrected chi connectivity index (χ4v) is 1.28. The van der Waals surface area contributed by atoms with Crippen LogP contribution >= 0.6 is 0 Å². The van der Waals surface area contributed by atoms with Gasteiger partial charge in [0.1, 0.15) is 6.61 Å². The number of hydrogen-bond donors (Lipinski definition) is 1. The molecular formula is C12H21N3O2. The minimum absolute atomic E-state index is 0.0798. The molecule has 0 radical (unpaired) electrons. The molecule has 1 heterocycles. The van der Waals surface area contributed by atoms with E-state index >= 15 is 0 Å². The highest BCUT2D eigenvalue weighted by Crippen LogP contribution is 2.05. The summed E-state index contributed by atoms with van der Waals surface area (Å²) in [6.45, 7) is 6.50. The van der Waals surface area contributed by atoms with Crippen molar-refractivity contribution in [1.82, 2.24) is 15.1 Å². The van der Waals surface area contributed by atoms with Crippen molar-refractivity contribution in [2.45, 2.75) is 32.8 Å². The molecule has 17 heavy (non-hydrogen) atoms. The summed E-state index contributed by atoms with van der Waals surface area (Å²) >= 11 is 0.